The number of pyridine rings is 1. The topological polar surface area (TPSA) is 82.8 Å². The second kappa shape index (κ2) is 8.32. The van der Waals surface area contributed by atoms with Crippen molar-refractivity contribution in [1.29, 1.82) is 0 Å². The zero-order chi connectivity index (χ0) is 20.4. The molecule has 0 aliphatic heterocycles. The predicted octanol–water partition coefficient (Wildman–Crippen LogP) is 4.69. The average molecular weight is 444 g/mol. The van der Waals surface area contributed by atoms with E-state index >= 15 is 0 Å². The number of esters is 1. The van der Waals surface area contributed by atoms with Gasteiger partial charge in [0.25, 0.3) is 0 Å². The van der Waals surface area contributed by atoms with Gasteiger partial charge in [-0.1, -0.05) is 41.1 Å². The lowest BCUT2D eigenvalue weighted by Gasteiger charge is -2.12. The van der Waals surface area contributed by atoms with Crippen LogP contribution in [0.3, 0.4) is 0 Å². The first-order valence-corrected chi connectivity index (χ1v) is 10.4. The molecule has 3 heterocycles. The number of rotatable bonds is 5. The maximum Gasteiger partial charge on any atom is 0.351 e. The number of aromatic nitrogens is 5. The van der Waals surface area contributed by atoms with Crippen LogP contribution in [0, 0.1) is 6.92 Å². The third kappa shape index (κ3) is 3.89. The van der Waals surface area contributed by atoms with E-state index in [4.69, 9.17) is 16.3 Å². The molecule has 0 amide bonds. The van der Waals surface area contributed by atoms with Crippen LogP contribution in [0.5, 0.6) is 0 Å². The summed E-state index contributed by atoms with van der Waals surface area (Å²) >= 11 is 8.53. The largest absolute Gasteiger partial charge is 0.465 e. The predicted molar refractivity (Wildman–Crippen MR) is 112 cm³/mol. The molecule has 0 aliphatic carbocycles. The maximum atomic E-state index is 11.8. The van der Waals surface area contributed by atoms with Crippen LogP contribution in [0.2, 0.25) is 5.15 Å². The summed E-state index contributed by atoms with van der Waals surface area (Å²) < 4.78 is 7.26. The van der Waals surface area contributed by atoms with Crippen molar-refractivity contribution in [3.05, 3.63) is 64.4 Å². The Kier molecular flexibility index (Phi) is 5.61. The van der Waals surface area contributed by atoms with Crippen LogP contribution in [-0.2, 0) is 4.74 Å². The van der Waals surface area contributed by atoms with E-state index in [9.17, 15) is 4.79 Å². The molecule has 146 valence electrons. The number of carbonyl (C=O) groups is 1. The average Bonchev–Trinajstić information content (AvgIpc) is 3.32. The minimum atomic E-state index is -0.518. The minimum absolute atomic E-state index is 0.110. The molecule has 4 aromatic rings. The van der Waals surface area contributed by atoms with Gasteiger partial charge in [0.05, 0.1) is 12.8 Å². The fourth-order valence-electron chi connectivity index (χ4n) is 2.67. The third-order valence-electron chi connectivity index (χ3n) is 4.03. The summed E-state index contributed by atoms with van der Waals surface area (Å²) in [4.78, 5) is 20.5. The van der Waals surface area contributed by atoms with Gasteiger partial charge < -0.3 is 4.74 Å². The maximum absolute atomic E-state index is 11.8. The number of hydrogen-bond acceptors (Lipinski definition) is 8. The summed E-state index contributed by atoms with van der Waals surface area (Å²) in [7, 11) is 1.31. The number of halogens is 1. The summed E-state index contributed by atoms with van der Waals surface area (Å²) in [6.07, 6.45) is 3.45. The highest BCUT2D eigenvalue weighted by atomic mass is 35.5. The Balaban J connectivity index is 1.82. The molecule has 10 heteroatoms. The van der Waals surface area contributed by atoms with Gasteiger partial charge in [-0.15, -0.1) is 10.2 Å². The smallest absolute Gasteiger partial charge is 0.351 e. The van der Waals surface area contributed by atoms with Gasteiger partial charge in [0, 0.05) is 18.0 Å². The molecular weight excluding hydrogens is 430 g/mol. The fraction of sp³-hybridized carbons (Fsp3) is 0.105. The first kappa shape index (κ1) is 19.6. The van der Waals surface area contributed by atoms with Gasteiger partial charge in [0.1, 0.15) is 0 Å². The van der Waals surface area contributed by atoms with Crippen molar-refractivity contribution in [2.75, 3.05) is 7.11 Å². The number of ether oxygens (including phenoxy) is 1. The monoisotopic (exact) mass is 443 g/mol. The standard InChI is InChI=1S/C19H14ClN5O2S2/c1-11-6-3-4-8-13(11)25-16(12-7-5-9-21-10-12)23-24-18(25)29-19-22-15(20)14(28-19)17(26)27-2/h3-10H,1-2H3. The molecule has 7 nitrogen and oxygen atoms in total. The normalized spacial score (nSPS) is 10.9. The van der Waals surface area contributed by atoms with Gasteiger partial charge >= 0.3 is 5.97 Å². The van der Waals surface area contributed by atoms with Gasteiger partial charge in [-0.05, 0) is 42.4 Å². The molecule has 0 atom stereocenters. The van der Waals surface area contributed by atoms with Crippen LogP contribution in [0.15, 0.2) is 58.3 Å². The molecule has 29 heavy (non-hydrogen) atoms. The van der Waals surface area contributed by atoms with Gasteiger partial charge in [-0.25, -0.2) is 9.78 Å². The molecule has 1 aromatic carbocycles. The molecule has 0 spiro atoms. The Labute approximate surface area is 179 Å². The molecule has 0 N–H and O–H groups in total. The molecule has 0 fully saturated rings. The number of aryl methyl sites for hydroxylation is 1. The van der Waals surface area contributed by atoms with E-state index in [-0.39, 0.29) is 10.0 Å². The second-order valence-electron chi connectivity index (χ2n) is 5.86. The first-order valence-electron chi connectivity index (χ1n) is 8.42. The molecule has 0 bridgehead atoms. The number of para-hydroxylation sites is 1. The number of thiazole rings is 1. The quantitative estimate of drug-likeness (QED) is 0.414. The highest BCUT2D eigenvalue weighted by molar-refractivity contribution is 8.00. The van der Waals surface area contributed by atoms with Crippen molar-refractivity contribution >= 4 is 40.7 Å². The van der Waals surface area contributed by atoms with Crippen LogP contribution in [0.25, 0.3) is 17.1 Å². The lowest BCUT2D eigenvalue weighted by molar-refractivity contribution is 0.0606. The lowest BCUT2D eigenvalue weighted by Crippen LogP contribution is -2.01. The molecule has 0 radical (unpaired) electrons. The zero-order valence-corrected chi connectivity index (χ0v) is 17.8. The van der Waals surface area contributed by atoms with Crippen LogP contribution in [0.1, 0.15) is 15.2 Å². The van der Waals surface area contributed by atoms with Crippen molar-refractivity contribution in [2.45, 2.75) is 16.4 Å². The molecule has 0 aliphatic rings. The molecule has 4 rings (SSSR count). The van der Waals surface area contributed by atoms with E-state index in [1.807, 2.05) is 47.9 Å². The number of carbonyl (C=O) groups excluding carboxylic acids is 1. The highest BCUT2D eigenvalue weighted by Gasteiger charge is 2.22. The molecule has 3 aromatic heterocycles. The summed E-state index contributed by atoms with van der Waals surface area (Å²) in [5.41, 5.74) is 2.84. The summed E-state index contributed by atoms with van der Waals surface area (Å²) in [5.74, 6) is 0.140. The van der Waals surface area contributed by atoms with Crippen molar-refractivity contribution < 1.29 is 9.53 Å². The number of methoxy groups -OCH3 is 1. The molecule has 0 saturated heterocycles. The highest BCUT2D eigenvalue weighted by Crippen LogP contribution is 2.37. The third-order valence-corrected chi connectivity index (χ3v) is 6.45. The van der Waals surface area contributed by atoms with Crippen molar-refractivity contribution in [1.82, 2.24) is 24.7 Å². The number of nitrogens with zero attached hydrogens (tertiary/aromatic N) is 5. The Bertz CT molecular complexity index is 1180. The summed E-state index contributed by atoms with van der Waals surface area (Å²) in [6, 6.07) is 11.7. The molecule has 0 saturated carbocycles. The second-order valence-corrected chi connectivity index (χ2v) is 8.43. The van der Waals surface area contributed by atoms with Crippen LogP contribution in [-0.4, -0.2) is 37.8 Å². The number of hydrogen-bond donors (Lipinski definition) is 0. The van der Waals surface area contributed by atoms with Crippen molar-refractivity contribution in [2.24, 2.45) is 0 Å². The Morgan fingerprint density at radius 1 is 1.21 bits per heavy atom. The zero-order valence-electron chi connectivity index (χ0n) is 15.4. The van der Waals surface area contributed by atoms with Gasteiger partial charge in [0.2, 0.25) is 5.16 Å². The van der Waals surface area contributed by atoms with E-state index in [1.54, 1.807) is 12.4 Å². The van der Waals surface area contributed by atoms with E-state index in [1.165, 1.54) is 18.9 Å². The lowest BCUT2D eigenvalue weighted by atomic mass is 10.2. The number of benzene rings is 1. The Morgan fingerprint density at radius 2 is 2.03 bits per heavy atom. The first-order chi connectivity index (χ1) is 14.1. The van der Waals surface area contributed by atoms with Gasteiger partial charge in [-0.3, -0.25) is 9.55 Å². The molecule has 0 unspecified atom stereocenters. The van der Waals surface area contributed by atoms with Crippen LogP contribution in [0.4, 0.5) is 0 Å². The van der Waals surface area contributed by atoms with Crippen LogP contribution < -0.4 is 0 Å². The summed E-state index contributed by atoms with van der Waals surface area (Å²) in [6.45, 7) is 2.02. The fourth-order valence-corrected chi connectivity index (χ4v) is 4.95. The van der Waals surface area contributed by atoms with Gasteiger partial charge in [-0.2, -0.15) is 0 Å². The van der Waals surface area contributed by atoms with E-state index in [0.717, 1.165) is 28.2 Å². The van der Waals surface area contributed by atoms with Crippen LogP contribution >= 0.6 is 34.7 Å². The van der Waals surface area contributed by atoms with E-state index in [0.29, 0.717) is 15.3 Å². The van der Waals surface area contributed by atoms with E-state index in [2.05, 4.69) is 20.2 Å². The van der Waals surface area contributed by atoms with Gasteiger partial charge in [0.15, 0.2) is 20.2 Å². The minimum Gasteiger partial charge on any atom is -0.465 e. The van der Waals surface area contributed by atoms with Crippen molar-refractivity contribution in [3.8, 4) is 17.1 Å². The van der Waals surface area contributed by atoms with E-state index < -0.39 is 5.97 Å². The Morgan fingerprint density at radius 3 is 2.76 bits per heavy atom. The molecular formula is C19H14ClN5O2S2. The SMILES string of the molecule is COC(=O)c1sc(Sc2nnc(-c3cccnc3)n2-c2ccccc2C)nc1Cl. The van der Waals surface area contributed by atoms with Crippen molar-refractivity contribution in [3.63, 3.8) is 0 Å². The Hall–Kier alpha value is -2.75. The summed E-state index contributed by atoms with van der Waals surface area (Å²) in [5, 5.41) is 9.46.